The van der Waals surface area contributed by atoms with Crippen LogP contribution in [-0.4, -0.2) is 55.3 Å². The molecule has 2 aromatic carbocycles. The third-order valence-corrected chi connectivity index (χ3v) is 6.06. The molecule has 2 aromatic rings. The highest BCUT2D eigenvalue weighted by Gasteiger charge is 2.34. The van der Waals surface area contributed by atoms with E-state index in [4.69, 9.17) is 9.47 Å². The molecule has 8 heteroatoms. The smallest absolute Gasteiger partial charge is 0.355 e. The number of methoxy groups -OCH3 is 1. The van der Waals surface area contributed by atoms with Crippen LogP contribution >= 0.6 is 0 Å². The maximum absolute atomic E-state index is 12.8. The zero-order valence-corrected chi connectivity index (χ0v) is 18.6. The number of anilines is 1. The van der Waals surface area contributed by atoms with E-state index in [0.29, 0.717) is 32.4 Å². The number of hydrazone groups is 1. The number of amides is 1. The summed E-state index contributed by atoms with van der Waals surface area (Å²) in [5.74, 6) is -1.30. The Morgan fingerprint density at radius 1 is 0.970 bits per heavy atom. The van der Waals surface area contributed by atoms with Gasteiger partial charge in [0, 0.05) is 19.5 Å². The highest BCUT2D eigenvalue weighted by atomic mass is 16.5. The van der Waals surface area contributed by atoms with E-state index >= 15 is 0 Å². The molecule has 0 bridgehead atoms. The number of hydrogen-bond donors (Lipinski definition) is 0. The second-order valence-electron chi connectivity index (χ2n) is 8.11. The largest absolute Gasteiger partial charge is 0.469 e. The van der Waals surface area contributed by atoms with Crippen LogP contribution in [0.25, 0.3) is 0 Å². The van der Waals surface area contributed by atoms with Gasteiger partial charge in [-0.1, -0.05) is 48.5 Å². The van der Waals surface area contributed by atoms with E-state index in [0.717, 1.165) is 11.3 Å². The van der Waals surface area contributed by atoms with Crippen molar-refractivity contribution in [3.05, 3.63) is 66.2 Å². The zero-order chi connectivity index (χ0) is 23.2. The minimum absolute atomic E-state index is 0.135. The lowest BCUT2D eigenvalue weighted by Gasteiger charge is -2.30. The highest BCUT2D eigenvalue weighted by molar-refractivity contribution is 6.37. The number of piperidine rings is 1. The van der Waals surface area contributed by atoms with E-state index in [1.165, 1.54) is 7.11 Å². The van der Waals surface area contributed by atoms with Crippen LogP contribution in [-0.2, 0) is 23.9 Å². The molecule has 0 saturated carbocycles. The monoisotopic (exact) mass is 449 g/mol. The van der Waals surface area contributed by atoms with E-state index in [1.54, 1.807) is 4.90 Å². The quantitative estimate of drug-likeness (QED) is 0.630. The van der Waals surface area contributed by atoms with Gasteiger partial charge < -0.3 is 14.4 Å². The van der Waals surface area contributed by atoms with Crippen molar-refractivity contribution in [2.24, 2.45) is 11.0 Å². The number of para-hydroxylation sites is 1. The molecule has 1 atom stereocenters. The Bertz CT molecular complexity index is 1020. The summed E-state index contributed by atoms with van der Waals surface area (Å²) >= 11 is 0. The lowest BCUT2D eigenvalue weighted by Crippen LogP contribution is -2.42. The molecule has 172 valence electrons. The van der Waals surface area contributed by atoms with Gasteiger partial charge in [-0.2, -0.15) is 5.10 Å². The number of ether oxygens (including phenoxy) is 2. The van der Waals surface area contributed by atoms with Crippen LogP contribution in [0.4, 0.5) is 5.69 Å². The van der Waals surface area contributed by atoms with Crippen LogP contribution in [0.2, 0.25) is 0 Å². The molecule has 0 aliphatic carbocycles. The molecule has 4 rings (SSSR count). The van der Waals surface area contributed by atoms with Crippen molar-refractivity contribution in [2.75, 3.05) is 31.8 Å². The van der Waals surface area contributed by atoms with E-state index in [9.17, 15) is 14.4 Å². The Morgan fingerprint density at radius 3 is 2.24 bits per heavy atom. The summed E-state index contributed by atoms with van der Waals surface area (Å²) in [6, 6.07) is 19.4. The van der Waals surface area contributed by atoms with Crippen LogP contribution in [0.1, 0.15) is 30.9 Å². The molecular formula is C25H27N3O5. The van der Waals surface area contributed by atoms with Crippen molar-refractivity contribution >= 4 is 29.2 Å². The van der Waals surface area contributed by atoms with Crippen molar-refractivity contribution in [3.8, 4) is 0 Å². The molecule has 1 amide bonds. The summed E-state index contributed by atoms with van der Waals surface area (Å²) in [5.41, 5.74) is 2.20. The fraction of sp³-hybridized carbons (Fsp3) is 0.360. The number of benzene rings is 2. The van der Waals surface area contributed by atoms with Crippen LogP contribution in [0, 0.1) is 5.92 Å². The van der Waals surface area contributed by atoms with Crippen LogP contribution in [0.3, 0.4) is 0 Å². The Balaban J connectivity index is 1.38. The molecule has 8 nitrogen and oxygen atoms in total. The van der Waals surface area contributed by atoms with Crippen LogP contribution in [0.15, 0.2) is 65.8 Å². The van der Waals surface area contributed by atoms with Crippen molar-refractivity contribution in [1.29, 1.82) is 0 Å². The number of carbonyl (C=O) groups excluding carboxylic acids is 3. The summed E-state index contributed by atoms with van der Waals surface area (Å²) in [5, 5.41) is 6.37. The molecule has 0 N–H and O–H groups in total. The topological polar surface area (TPSA) is 88.5 Å². The van der Waals surface area contributed by atoms with Crippen molar-refractivity contribution in [2.45, 2.75) is 25.3 Å². The van der Waals surface area contributed by atoms with Gasteiger partial charge in [0.2, 0.25) is 0 Å². The molecule has 1 unspecified atom stereocenters. The summed E-state index contributed by atoms with van der Waals surface area (Å²) in [7, 11) is 1.37. The minimum atomic E-state index is -0.591. The first-order chi connectivity index (χ1) is 16.1. The summed E-state index contributed by atoms with van der Waals surface area (Å²) in [6.45, 7) is 0.534. The van der Waals surface area contributed by atoms with Crippen molar-refractivity contribution in [3.63, 3.8) is 0 Å². The third-order valence-electron chi connectivity index (χ3n) is 6.06. The Kier molecular flexibility index (Phi) is 7.02. The second-order valence-corrected chi connectivity index (χ2v) is 8.11. The molecular weight excluding hydrogens is 422 g/mol. The van der Waals surface area contributed by atoms with Gasteiger partial charge in [-0.3, -0.25) is 14.6 Å². The van der Waals surface area contributed by atoms with E-state index < -0.39 is 5.97 Å². The maximum Gasteiger partial charge on any atom is 0.355 e. The Hall–Kier alpha value is -3.68. The number of carbonyl (C=O) groups is 3. The first-order valence-electron chi connectivity index (χ1n) is 11.1. The first kappa shape index (κ1) is 22.5. The molecule has 0 aromatic heterocycles. The van der Waals surface area contributed by atoms with Gasteiger partial charge in [-0.15, -0.1) is 0 Å². The number of hydrogen-bond acceptors (Lipinski definition) is 7. The fourth-order valence-corrected chi connectivity index (χ4v) is 4.22. The van der Waals surface area contributed by atoms with Gasteiger partial charge in [0.25, 0.3) is 5.91 Å². The molecule has 2 aliphatic rings. The SMILES string of the molecule is COC(=O)C1CCN(C(=O)COC(=O)C2=NN(c3ccccc3)C(c3ccccc3)C2)CC1. The number of likely N-dealkylation sites (tertiary alicyclic amines) is 1. The standard InChI is InChI=1S/C25H27N3O5/c1-32-24(30)19-12-14-27(15-13-19)23(29)17-33-25(31)21-16-22(18-8-4-2-5-9-18)28(26-21)20-10-6-3-7-11-20/h2-11,19,22H,12-17H2,1H3. The van der Waals surface area contributed by atoms with Crippen molar-refractivity contribution in [1.82, 2.24) is 4.90 Å². The summed E-state index contributed by atoms with van der Waals surface area (Å²) in [6.07, 6.45) is 1.48. The predicted molar refractivity (Wildman–Crippen MR) is 122 cm³/mol. The van der Waals surface area contributed by atoms with Crippen molar-refractivity contribution < 1.29 is 23.9 Å². The van der Waals surface area contributed by atoms with Crippen LogP contribution in [0.5, 0.6) is 0 Å². The second kappa shape index (κ2) is 10.3. The number of esters is 2. The van der Waals surface area contributed by atoms with Gasteiger partial charge in [-0.05, 0) is 30.5 Å². The van der Waals surface area contributed by atoms with E-state index in [-0.39, 0.29) is 36.2 Å². The molecule has 2 aliphatic heterocycles. The average Bonchev–Trinajstić information content (AvgIpc) is 3.33. The molecule has 0 spiro atoms. The normalized spacial score (nSPS) is 18.6. The predicted octanol–water partition coefficient (Wildman–Crippen LogP) is 2.95. The molecule has 2 heterocycles. The van der Waals surface area contributed by atoms with Gasteiger partial charge in [-0.25, -0.2) is 4.79 Å². The lowest BCUT2D eigenvalue weighted by molar-refractivity contribution is -0.151. The van der Waals surface area contributed by atoms with E-state index in [2.05, 4.69) is 5.10 Å². The average molecular weight is 450 g/mol. The highest BCUT2D eigenvalue weighted by Crippen LogP contribution is 2.35. The molecule has 1 fully saturated rings. The number of rotatable bonds is 6. The fourth-order valence-electron chi connectivity index (χ4n) is 4.22. The van der Waals surface area contributed by atoms with Crippen LogP contribution < -0.4 is 5.01 Å². The zero-order valence-electron chi connectivity index (χ0n) is 18.6. The Labute approximate surface area is 192 Å². The summed E-state index contributed by atoms with van der Waals surface area (Å²) < 4.78 is 10.1. The van der Waals surface area contributed by atoms with Gasteiger partial charge in [0.05, 0.1) is 24.8 Å². The molecule has 1 saturated heterocycles. The molecule has 0 radical (unpaired) electrons. The number of nitrogens with zero attached hydrogens (tertiary/aromatic N) is 3. The van der Waals surface area contributed by atoms with E-state index in [1.807, 2.05) is 65.7 Å². The lowest BCUT2D eigenvalue weighted by atomic mass is 9.97. The van der Waals surface area contributed by atoms with Gasteiger partial charge in [0.15, 0.2) is 6.61 Å². The summed E-state index contributed by atoms with van der Waals surface area (Å²) in [4.78, 5) is 38.5. The Morgan fingerprint density at radius 2 is 1.61 bits per heavy atom. The molecule has 33 heavy (non-hydrogen) atoms. The first-order valence-corrected chi connectivity index (χ1v) is 11.1. The minimum Gasteiger partial charge on any atom is -0.469 e. The maximum atomic E-state index is 12.8. The van der Waals surface area contributed by atoms with Gasteiger partial charge >= 0.3 is 11.9 Å². The van der Waals surface area contributed by atoms with Gasteiger partial charge in [0.1, 0.15) is 5.71 Å². The third kappa shape index (κ3) is 5.22.